The van der Waals surface area contributed by atoms with Gasteiger partial charge in [0.15, 0.2) is 0 Å². The average molecular weight is 251 g/mol. The van der Waals surface area contributed by atoms with Crippen molar-refractivity contribution >= 4 is 5.97 Å². The molecule has 0 unspecified atom stereocenters. The second kappa shape index (κ2) is 8.66. The molecule has 0 fully saturated rings. The summed E-state index contributed by atoms with van der Waals surface area (Å²) in [5, 5.41) is 3.29. The van der Waals surface area contributed by atoms with Crippen molar-refractivity contribution in [3.8, 4) is 0 Å². The van der Waals surface area contributed by atoms with Crippen molar-refractivity contribution in [1.82, 2.24) is 5.32 Å². The molecule has 4 nitrogen and oxygen atoms in total. The first-order chi connectivity index (χ1) is 8.68. The van der Waals surface area contributed by atoms with Gasteiger partial charge in [0.1, 0.15) is 6.61 Å². The van der Waals surface area contributed by atoms with Gasteiger partial charge >= 0.3 is 5.97 Å². The molecular formula is C14H21NO3. The van der Waals surface area contributed by atoms with E-state index in [-0.39, 0.29) is 5.97 Å². The fraction of sp³-hybridized carbons (Fsp3) is 0.500. The quantitative estimate of drug-likeness (QED) is 0.564. The molecule has 100 valence electrons. The summed E-state index contributed by atoms with van der Waals surface area (Å²) in [5.41, 5.74) is 2.54. The van der Waals surface area contributed by atoms with E-state index >= 15 is 0 Å². The van der Waals surface area contributed by atoms with Gasteiger partial charge in [0.25, 0.3) is 0 Å². The van der Waals surface area contributed by atoms with Gasteiger partial charge in [-0.3, -0.25) is 4.79 Å². The maximum Gasteiger partial charge on any atom is 0.302 e. The SMILES string of the molecule is CC(=O)OCCOCCNCc1ccc(C)cc1. The predicted molar refractivity (Wildman–Crippen MR) is 70.3 cm³/mol. The average Bonchev–Trinajstić information content (AvgIpc) is 2.34. The van der Waals surface area contributed by atoms with Crippen molar-refractivity contribution in [2.45, 2.75) is 20.4 Å². The van der Waals surface area contributed by atoms with Crippen LogP contribution in [0.2, 0.25) is 0 Å². The molecule has 0 heterocycles. The maximum atomic E-state index is 10.5. The Morgan fingerprint density at radius 2 is 1.89 bits per heavy atom. The molecule has 0 spiro atoms. The Labute approximate surface area is 108 Å². The number of carbonyl (C=O) groups excluding carboxylic acids is 1. The molecule has 18 heavy (non-hydrogen) atoms. The van der Waals surface area contributed by atoms with Crippen LogP contribution in [0.5, 0.6) is 0 Å². The third-order valence-electron chi connectivity index (χ3n) is 2.41. The number of carbonyl (C=O) groups is 1. The largest absolute Gasteiger partial charge is 0.463 e. The monoisotopic (exact) mass is 251 g/mol. The van der Waals surface area contributed by atoms with E-state index in [1.807, 2.05) is 0 Å². The standard InChI is InChI=1S/C14H21NO3/c1-12-3-5-14(6-4-12)11-15-7-8-17-9-10-18-13(2)16/h3-6,15H,7-11H2,1-2H3. The molecule has 1 rings (SSSR count). The Bertz CT molecular complexity index is 349. The van der Waals surface area contributed by atoms with Gasteiger partial charge in [-0.15, -0.1) is 0 Å². The Morgan fingerprint density at radius 1 is 1.17 bits per heavy atom. The highest BCUT2D eigenvalue weighted by Gasteiger charge is 1.94. The molecule has 1 aromatic carbocycles. The smallest absolute Gasteiger partial charge is 0.302 e. The van der Waals surface area contributed by atoms with Crippen LogP contribution in [-0.2, 0) is 20.8 Å². The normalized spacial score (nSPS) is 10.3. The Morgan fingerprint density at radius 3 is 2.56 bits per heavy atom. The minimum atomic E-state index is -0.268. The molecule has 1 N–H and O–H groups in total. The Kier molecular flexibility index (Phi) is 7.06. The highest BCUT2D eigenvalue weighted by atomic mass is 16.6. The van der Waals surface area contributed by atoms with E-state index < -0.39 is 0 Å². The molecule has 0 radical (unpaired) electrons. The summed E-state index contributed by atoms with van der Waals surface area (Å²) in [6, 6.07) is 8.44. The number of benzene rings is 1. The number of aryl methyl sites for hydroxylation is 1. The summed E-state index contributed by atoms with van der Waals surface area (Å²) in [6.07, 6.45) is 0. The molecule has 0 amide bonds. The lowest BCUT2D eigenvalue weighted by molar-refractivity contribution is -0.142. The molecule has 0 atom stereocenters. The van der Waals surface area contributed by atoms with Crippen molar-refractivity contribution in [3.05, 3.63) is 35.4 Å². The molecule has 0 saturated carbocycles. The zero-order chi connectivity index (χ0) is 13.2. The topological polar surface area (TPSA) is 47.6 Å². The molecule has 0 aliphatic heterocycles. The fourth-order valence-electron chi connectivity index (χ4n) is 1.43. The summed E-state index contributed by atoms with van der Waals surface area (Å²) in [4.78, 5) is 10.5. The van der Waals surface area contributed by atoms with Gasteiger partial charge in [0.2, 0.25) is 0 Å². The molecule has 1 aromatic rings. The number of hydrogen-bond acceptors (Lipinski definition) is 4. The van der Waals surface area contributed by atoms with Gasteiger partial charge < -0.3 is 14.8 Å². The van der Waals surface area contributed by atoms with E-state index in [2.05, 4.69) is 36.5 Å². The van der Waals surface area contributed by atoms with E-state index in [4.69, 9.17) is 9.47 Å². The number of rotatable bonds is 8. The maximum absolute atomic E-state index is 10.5. The molecular weight excluding hydrogens is 230 g/mol. The summed E-state index contributed by atoms with van der Waals surface area (Å²) < 4.78 is 10.0. The van der Waals surface area contributed by atoms with Crippen molar-refractivity contribution < 1.29 is 14.3 Å². The van der Waals surface area contributed by atoms with Crippen molar-refractivity contribution in [2.24, 2.45) is 0 Å². The van der Waals surface area contributed by atoms with Crippen molar-refractivity contribution in [2.75, 3.05) is 26.4 Å². The first-order valence-electron chi connectivity index (χ1n) is 6.16. The highest BCUT2D eigenvalue weighted by Crippen LogP contribution is 2.01. The van der Waals surface area contributed by atoms with Gasteiger partial charge in [0, 0.05) is 20.0 Å². The lowest BCUT2D eigenvalue weighted by atomic mass is 10.1. The van der Waals surface area contributed by atoms with Crippen LogP contribution in [0.3, 0.4) is 0 Å². The van der Waals surface area contributed by atoms with E-state index in [9.17, 15) is 4.79 Å². The molecule has 0 aromatic heterocycles. The zero-order valence-corrected chi connectivity index (χ0v) is 11.1. The lowest BCUT2D eigenvalue weighted by Gasteiger charge is -2.06. The summed E-state index contributed by atoms with van der Waals surface area (Å²) in [5.74, 6) is -0.268. The van der Waals surface area contributed by atoms with Gasteiger partial charge in [0.05, 0.1) is 13.2 Å². The first-order valence-corrected chi connectivity index (χ1v) is 6.16. The molecule has 0 aliphatic carbocycles. The lowest BCUT2D eigenvalue weighted by Crippen LogP contribution is -2.20. The van der Waals surface area contributed by atoms with E-state index in [0.717, 1.165) is 13.1 Å². The van der Waals surface area contributed by atoms with Crippen LogP contribution in [0.4, 0.5) is 0 Å². The minimum Gasteiger partial charge on any atom is -0.463 e. The van der Waals surface area contributed by atoms with Crippen LogP contribution < -0.4 is 5.32 Å². The third-order valence-corrected chi connectivity index (χ3v) is 2.41. The van der Waals surface area contributed by atoms with Gasteiger partial charge in [-0.05, 0) is 12.5 Å². The number of hydrogen-bond donors (Lipinski definition) is 1. The molecule has 4 heteroatoms. The van der Waals surface area contributed by atoms with Gasteiger partial charge in [-0.2, -0.15) is 0 Å². The van der Waals surface area contributed by atoms with Crippen LogP contribution in [0.15, 0.2) is 24.3 Å². The van der Waals surface area contributed by atoms with Crippen LogP contribution >= 0.6 is 0 Å². The van der Waals surface area contributed by atoms with E-state index in [1.54, 1.807) is 0 Å². The minimum absolute atomic E-state index is 0.268. The van der Waals surface area contributed by atoms with Crippen molar-refractivity contribution in [1.29, 1.82) is 0 Å². The molecule has 0 aliphatic rings. The Hall–Kier alpha value is -1.39. The summed E-state index contributed by atoms with van der Waals surface area (Å²) in [6.45, 7) is 6.49. The highest BCUT2D eigenvalue weighted by molar-refractivity contribution is 5.65. The van der Waals surface area contributed by atoms with Crippen LogP contribution in [0.1, 0.15) is 18.1 Å². The van der Waals surface area contributed by atoms with Gasteiger partial charge in [-0.25, -0.2) is 0 Å². The van der Waals surface area contributed by atoms with E-state index in [1.165, 1.54) is 18.1 Å². The zero-order valence-electron chi connectivity index (χ0n) is 11.1. The second-order valence-electron chi connectivity index (χ2n) is 4.11. The second-order valence-corrected chi connectivity index (χ2v) is 4.11. The third kappa shape index (κ3) is 7.04. The van der Waals surface area contributed by atoms with Crippen LogP contribution in [0, 0.1) is 6.92 Å². The first kappa shape index (κ1) is 14.7. The van der Waals surface area contributed by atoms with E-state index in [0.29, 0.717) is 19.8 Å². The number of esters is 1. The van der Waals surface area contributed by atoms with Gasteiger partial charge in [-0.1, -0.05) is 29.8 Å². The Balaban J connectivity index is 1.95. The molecule has 0 bridgehead atoms. The predicted octanol–water partition coefficient (Wildman–Crippen LogP) is 1.66. The fourth-order valence-corrected chi connectivity index (χ4v) is 1.43. The number of nitrogens with one attached hydrogen (secondary N) is 1. The molecule has 0 saturated heterocycles. The van der Waals surface area contributed by atoms with Crippen LogP contribution in [0.25, 0.3) is 0 Å². The van der Waals surface area contributed by atoms with Crippen molar-refractivity contribution in [3.63, 3.8) is 0 Å². The summed E-state index contributed by atoms with van der Waals surface area (Å²) >= 11 is 0. The van der Waals surface area contributed by atoms with Crippen LogP contribution in [-0.4, -0.2) is 32.3 Å². The number of ether oxygens (including phenoxy) is 2. The summed E-state index contributed by atoms with van der Waals surface area (Å²) in [7, 11) is 0.